The van der Waals surface area contributed by atoms with Crippen molar-refractivity contribution in [3.05, 3.63) is 21.9 Å². The van der Waals surface area contributed by atoms with Gasteiger partial charge in [0, 0.05) is 11.3 Å². The van der Waals surface area contributed by atoms with Crippen LogP contribution in [0.3, 0.4) is 0 Å². The van der Waals surface area contributed by atoms with Crippen LogP contribution in [0.2, 0.25) is 0 Å². The fourth-order valence-electron chi connectivity index (χ4n) is 1.04. The number of carboxylic acids is 1. The number of carbonyl (C=O) groups is 1. The summed E-state index contributed by atoms with van der Waals surface area (Å²) < 4.78 is 0. The Balaban J connectivity index is 2.29. The molecule has 1 rings (SSSR count). The van der Waals surface area contributed by atoms with Crippen molar-refractivity contribution in [2.24, 2.45) is 0 Å². The van der Waals surface area contributed by atoms with E-state index in [-0.39, 0.29) is 6.42 Å². The number of hydrogen-bond acceptors (Lipinski definition) is 2. The lowest BCUT2D eigenvalue weighted by Gasteiger charge is -1.93. The number of thiophene rings is 1. The Morgan fingerprint density at radius 1 is 1.67 bits per heavy atom. The quantitative estimate of drug-likeness (QED) is 0.780. The van der Waals surface area contributed by atoms with Crippen molar-refractivity contribution in [3.63, 3.8) is 0 Å². The third kappa shape index (κ3) is 3.05. The van der Waals surface area contributed by atoms with Crippen LogP contribution in [0.25, 0.3) is 0 Å². The van der Waals surface area contributed by atoms with E-state index in [4.69, 9.17) is 5.11 Å². The number of aryl methyl sites for hydroxylation is 2. The van der Waals surface area contributed by atoms with E-state index in [0.29, 0.717) is 0 Å². The molecule has 0 aromatic carbocycles. The molecule has 0 atom stereocenters. The smallest absolute Gasteiger partial charge is 0.303 e. The van der Waals surface area contributed by atoms with Crippen molar-refractivity contribution in [3.8, 4) is 0 Å². The lowest BCUT2D eigenvalue weighted by molar-refractivity contribution is -0.137. The van der Waals surface area contributed by atoms with Crippen LogP contribution in [0, 0.1) is 6.92 Å². The van der Waals surface area contributed by atoms with Crippen LogP contribution in [0.15, 0.2) is 11.4 Å². The Kier molecular flexibility index (Phi) is 3.29. The summed E-state index contributed by atoms with van der Waals surface area (Å²) in [7, 11) is 0. The minimum atomic E-state index is -0.705. The summed E-state index contributed by atoms with van der Waals surface area (Å²) in [5.74, 6) is -0.705. The minimum absolute atomic E-state index is 0.275. The van der Waals surface area contributed by atoms with Gasteiger partial charge in [0.25, 0.3) is 0 Å². The topological polar surface area (TPSA) is 37.3 Å². The zero-order valence-corrected chi connectivity index (χ0v) is 7.86. The van der Waals surface area contributed by atoms with E-state index in [2.05, 4.69) is 18.4 Å². The first-order chi connectivity index (χ1) is 5.68. The predicted octanol–water partition coefficient (Wildman–Crippen LogP) is 2.46. The van der Waals surface area contributed by atoms with Gasteiger partial charge in [-0.1, -0.05) is 0 Å². The SMILES string of the molecule is Cc1csc(CCCC(=O)O)c1. The Hall–Kier alpha value is -0.830. The van der Waals surface area contributed by atoms with Crippen LogP contribution in [-0.2, 0) is 11.2 Å². The molecule has 0 radical (unpaired) electrons. The van der Waals surface area contributed by atoms with Crippen molar-refractivity contribution in [2.45, 2.75) is 26.2 Å². The van der Waals surface area contributed by atoms with Gasteiger partial charge in [-0.2, -0.15) is 0 Å². The van der Waals surface area contributed by atoms with Gasteiger partial charge in [-0.05, 0) is 36.8 Å². The van der Waals surface area contributed by atoms with E-state index in [1.165, 1.54) is 10.4 Å². The molecule has 0 aliphatic carbocycles. The molecule has 0 aliphatic rings. The van der Waals surface area contributed by atoms with Gasteiger partial charge >= 0.3 is 5.97 Å². The van der Waals surface area contributed by atoms with Crippen molar-refractivity contribution in [1.29, 1.82) is 0 Å². The molecule has 0 bridgehead atoms. The zero-order chi connectivity index (χ0) is 8.97. The standard InChI is InChI=1S/C9H12O2S/c1-7-5-8(12-6-7)3-2-4-9(10)11/h5-6H,2-4H2,1H3,(H,10,11). The number of carboxylic acid groups (broad SMARTS) is 1. The zero-order valence-electron chi connectivity index (χ0n) is 7.04. The van der Waals surface area contributed by atoms with Crippen molar-refractivity contribution >= 4 is 17.3 Å². The van der Waals surface area contributed by atoms with E-state index >= 15 is 0 Å². The highest BCUT2D eigenvalue weighted by Gasteiger charge is 1.99. The lowest BCUT2D eigenvalue weighted by Crippen LogP contribution is -1.94. The summed E-state index contributed by atoms with van der Waals surface area (Å²) in [5.41, 5.74) is 1.27. The maximum atomic E-state index is 10.2. The molecule has 1 N–H and O–H groups in total. The molecular formula is C9H12O2S. The summed E-state index contributed by atoms with van der Waals surface area (Å²) in [4.78, 5) is 11.5. The van der Waals surface area contributed by atoms with Gasteiger partial charge in [0.05, 0.1) is 0 Å². The van der Waals surface area contributed by atoms with Gasteiger partial charge < -0.3 is 5.11 Å². The van der Waals surface area contributed by atoms with Crippen LogP contribution in [0.4, 0.5) is 0 Å². The van der Waals surface area contributed by atoms with E-state index in [9.17, 15) is 4.79 Å². The second-order valence-corrected chi connectivity index (χ2v) is 3.83. The molecule has 3 heteroatoms. The molecule has 0 aliphatic heterocycles. The fraction of sp³-hybridized carbons (Fsp3) is 0.444. The van der Waals surface area contributed by atoms with Gasteiger partial charge in [-0.25, -0.2) is 0 Å². The van der Waals surface area contributed by atoms with E-state index in [0.717, 1.165) is 12.8 Å². The molecule has 1 aromatic rings. The van der Waals surface area contributed by atoms with Gasteiger partial charge in [0.2, 0.25) is 0 Å². The monoisotopic (exact) mass is 184 g/mol. The van der Waals surface area contributed by atoms with E-state index < -0.39 is 5.97 Å². The molecule has 0 spiro atoms. The Labute approximate surface area is 75.9 Å². The Morgan fingerprint density at radius 3 is 2.92 bits per heavy atom. The molecule has 1 heterocycles. The molecule has 1 aromatic heterocycles. The van der Waals surface area contributed by atoms with Gasteiger partial charge in [-0.15, -0.1) is 11.3 Å². The van der Waals surface area contributed by atoms with Crippen LogP contribution >= 0.6 is 11.3 Å². The number of aliphatic carboxylic acids is 1. The summed E-state index contributed by atoms with van der Waals surface area (Å²) in [5, 5.41) is 10.5. The fourth-order valence-corrected chi connectivity index (χ4v) is 1.96. The molecular weight excluding hydrogens is 172 g/mol. The van der Waals surface area contributed by atoms with Crippen LogP contribution < -0.4 is 0 Å². The number of hydrogen-bond donors (Lipinski definition) is 1. The van der Waals surface area contributed by atoms with Crippen LogP contribution in [-0.4, -0.2) is 11.1 Å². The van der Waals surface area contributed by atoms with Crippen molar-refractivity contribution in [1.82, 2.24) is 0 Å². The Morgan fingerprint density at radius 2 is 2.42 bits per heavy atom. The molecule has 0 saturated heterocycles. The summed E-state index contributed by atoms with van der Waals surface area (Å²) in [6.07, 6.45) is 1.91. The summed E-state index contributed by atoms with van der Waals surface area (Å²) in [6, 6.07) is 2.12. The second kappa shape index (κ2) is 4.26. The molecule has 66 valence electrons. The molecule has 0 unspecified atom stereocenters. The van der Waals surface area contributed by atoms with Crippen LogP contribution in [0.5, 0.6) is 0 Å². The summed E-state index contributed by atoms with van der Waals surface area (Å²) in [6.45, 7) is 2.05. The second-order valence-electron chi connectivity index (χ2n) is 2.84. The lowest BCUT2D eigenvalue weighted by atomic mass is 10.2. The van der Waals surface area contributed by atoms with Gasteiger partial charge in [0.1, 0.15) is 0 Å². The Bertz CT molecular complexity index is 265. The normalized spacial score (nSPS) is 10.1. The maximum absolute atomic E-state index is 10.2. The first-order valence-corrected chi connectivity index (χ1v) is 4.82. The minimum Gasteiger partial charge on any atom is -0.481 e. The highest BCUT2D eigenvalue weighted by Crippen LogP contribution is 2.15. The summed E-state index contributed by atoms with van der Waals surface area (Å²) >= 11 is 1.71. The first-order valence-electron chi connectivity index (χ1n) is 3.94. The van der Waals surface area contributed by atoms with Gasteiger partial charge in [0.15, 0.2) is 0 Å². The molecule has 2 nitrogen and oxygen atoms in total. The molecule has 0 amide bonds. The largest absolute Gasteiger partial charge is 0.481 e. The highest BCUT2D eigenvalue weighted by molar-refractivity contribution is 7.10. The third-order valence-electron chi connectivity index (χ3n) is 1.60. The molecule has 0 saturated carbocycles. The highest BCUT2D eigenvalue weighted by atomic mass is 32.1. The molecule has 0 fully saturated rings. The average Bonchev–Trinajstić information content (AvgIpc) is 2.35. The molecule has 12 heavy (non-hydrogen) atoms. The van der Waals surface area contributed by atoms with Crippen molar-refractivity contribution in [2.75, 3.05) is 0 Å². The average molecular weight is 184 g/mol. The van der Waals surface area contributed by atoms with Gasteiger partial charge in [-0.3, -0.25) is 4.79 Å². The van der Waals surface area contributed by atoms with Crippen LogP contribution in [0.1, 0.15) is 23.3 Å². The predicted molar refractivity (Wildman–Crippen MR) is 49.6 cm³/mol. The third-order valence-corrected chi connectivity index (χ3v) is 2.71. The van der Waals surface area contributed by atoms with E-state index in [1.807, 2.05) is 0 Å². The number of rotatable bonds is 4. The first kappa shape index (κ1) is 9.26. The van der Waals surface area contributed by atoms with E-state index in [1.54, 1.807) is 11.3 Å². The maximum Gasteiger partial charge on any atom is 0.303 e. The van der Waals surface area contributed by atoms with Crippen molar-refractivity contribution < 1.29 is 9.90 Å².